The molecule has 0 spiro atoms. The van der Waals surface area contributed by atoms with Crippen LogP contribution in [-0.2, 0) is 13.0 Å². The Morgan fingerprint density at radius 3 is 2.00 bits per heavy atom. The fraction of sp³-hybridized carbons (Fsp3) is 0.217. The highest BCUT2D eigenvalue weighted by Gasteiger charge is 2.13. The molecule has 1 atom stereocenters. The summed E-state index contributed by atoms with van der Waals surface area (Å²) >= 11 is 0. The number of fused-ring (bicyclic) bond motifs is 3. The van der Waals surface area contributed by atoms with E-state index in [1.54, 1.807) is 0 Å². The number of para-hydroxylation sites is 2. The molecule has 3 heteroatoms. The second-order valence-corrected chi connectivity index (χ2v) is 6.73. The molecule has 0 aliphatic heterocycles. The molecule has 26 heavy (non-hydrogen) atoms. The summed E-state index contributed by atoms with van der Waals surface area (Å²) in [5.41, 5.74) is 4.70. The summed E-state index contributed by atoms with van der Waals surface area (Å²) in [5.74, 6) is 0. The molecule has 132 valence electrons. The van der Waals surface area contributed by atoms with E-state index in [-0.39, 0.29) is 0 Å². The van der Waals surface area contributed by atoms with Gasteiger partial charge in [0.05, 0.1) is 12.6 Å². The van der Waals surface area contributed by atoms with Crippen molar-refractivity contribution in [1.29, 1.82) is 0 Å². The summed E-state index contributed by atoms with van der Waals surface area (Å²) in [4.78, 5) is 0. The number of aliphatic hydroxyl groups excluding tert-OH is 1. The zero-order valence-electron chi connectivity index (χ0n) is 15.0. The van der Waals surface area contributed by atoms with Gasteiger partial charge in [0.2, 0.25) is 0 Å². The Morgan fingerprint density at radius 2 is 1.42 bits per heavy atom. The predicted octanol–water partition coefficient (Wildman–Crippen LogP) is 4.83. The molecule has 1 aromatic heterocycles. The Balaban J connectivity index is 1.54. The van der Waals surface area contributed by atoms with Crippen LogP contribution >= 0.6 is 0 Å². The summed E-state index contributed by atoms with van der Waals surface area (Å²) in [6.45, 7) is 3.23. The van der Waals surface area contributed by atoms with Gasteiger partial charge >= 0.3 is 0 Å². The van der Waals surface area contributed by atoms with Crippen LogP contribution in [0, 0.1) is 0 Å². The van der Waals surface area contributed by atoms with Gasteiger partial charge < -0.3 is 15.0 Å². The highest BCUT2D eigenvalue weighted by atomic mass is 16.3. The fourth-order valence-electron chi connectivity index (χ4n) is 3.57. The Bertz CT molecular complexity index is 964. The molecular weight excluding hydrogens is 320 g/mol. The summed E-state index contributed by atoms with van der Waals surface area (Å²) in [5, 5.41) is 16.4. The first kappa shape index (κ1) is 16.7. The summed E-state index contributed by atoms with van der Waals surface area (Å²) in [7, 11) is 0. The third kappa shape index (κ3) is 3.18. The highest BCUT2D eigenvalue weighted by molar-refractivity contribution is 6.07. The molecule has 0 aliphatic carbocycles. The lowest BCUT2D eigenvalue weighted by Crippen LogP contribution is -2.24. The Hall–Kier alpha value is -2.78. The van der Waals surface area contributed by atoms with E-state index in [1.807, 2.05) is 0 Å². The average molecular weight is 344 g/mol. The number of aryl methyl sites for hydroxylation is 1. The van der Waals surface area contributed by atoms with E-state index < -0.39 is 6.10 Å². The maximum absolute atomic E-state index is 10.6. The van der Waals surface area contributed by atoms with Crippen molar-refractivity contribution >= 4 is 27.5 Å². The van der Waals surface area contributed by atoms with Gasteiger partial charge in [0, 0.05) is 34.0 Å². The van der Waals surface area contributed by atoms with Crippen molar-refractivity contribution in [1.82, 2.24) is 4.57 Å². The van der Waals surface area contributed by atoms with Gasteiger partial charge in [0.15, 0.2) is 0 Å². The lowest BCUT2D eigenvalue weighted by atomic mass is 10.1. The number of anilines is 1. The van der Waals surface area contributed by atoms with Crippen LogP contribution in [-0.4, -0.2) is 22.3 Å². The van der Waals surface area contributed by atoms with Crippen molar-refractivity contribution in [3.05, 3.63) is 78.4 Å². The number of rotatable bonds is 6. The van der Waals surface area contributed by atoms with E-state index in [4.69, 9.17) is 0 Å². The fourth-order valence-corrected chi connectivity index (χ4v) is 3.57. The van der Waals surface area contributed by atoms with Crippen LogP contribution < -0.4 is 5.32 Å². The number of nitrogens with zero attached hydrogens (tertiary/aromatic N) is 1. The Labute approximate surface area is 153 Å². The van der Waals surface area contributed by atoms with Crippen molar-refractivity contribution in [2.24, 2.45) is 0 Å². The maximum atomic E-state index is 10.6. The van der Waals surface area contributed by atoms with E-state index in [0.717, 1.165) is 12.1 Å². The molecule has 0 saturated carbocycles. The number of hydrogen-bond donors (Lipinski definition) is 2. The summed E-state index contributed by atoms with van der Waals surface area (Å²) in [6.07, 6.45) is 0.566. The zero-order valence-corrected chi connectivity index (χ0v) is 15.0. The van der Waals surface area contributed by atoms with Gasteiger partial charge in [-0.15, -0.1) is 0 Å². The van der Waals surface area contributed by atoms with Crippen molar-refractivity contribution in [2.45, 2.75) is 26.0 Å². The standard InChI is InChI=1S/C23H24N2O/c1-2-17-11-13-18(14-12-17)24-15-19(26)16-25-22-9-5-3-7-20(22)21-8-4-6-10-23(21)25/h3-14,19,24,26H,2,15-16H2,1H3/t19-/m0/s1. The number of nitrogens with one attached hydrogen (secondary N) is 1. The number of benzene rings is 3. The average Bonchev–Trinajstić information content (AvgIpc) is 3.01. The molecule has 0 saturated heterocycles. The van der Waals surface area contributed by atoms with Gasteiger partial charge in [-0.1, -0.05) is 55.5 Å². The zero-order chi connectivity index (χ0) is 17.9. The molecule has 3 aromatic carbocycles. The van der Waals surface area contributed by atoms with E-state index in [1.165, 1.54) is 27.4 Å². The largest absolute Gasteiger partial charge is 0.389 e. The molecule has 3 nitrogen and oxygen atoms in total. The molecule has 4 aromatic rings. The van der Waals surface area contributed by atoms with E-state index >= 15 is 0 Å². The minimum absolute atomic E-state index is 0.472. The molecule has 1 heterocycles. The monoisotopic (exact) mass is 344 g/mol. The van der Waals surface area contributed by atoms with Crippen LogP contribution in [0.25, 0.3) is 21.8 Å². The number of aromatic nitrogens is 1. The van der Waals surface area contributed by atoms with Crippen LogP contribution in [0.4, 0.5) is 5.69 Å². The predicted molar refractivity (Wildman–Crippen MR) is 110 cm³/mol. The van der Waals surface area contributed by atoms with E-state index in [9.17, 15) is 5.11 Å². The van der Waals surface area contributed by atoms with Crippen LogP contribution in [0.15, 0.2) is 72.8 Å². The molecule has 0 unspecified atom stereocenters. The lowest BCUT2D eigenvalue weighted by molar-refractivity contribution is 0.169. The Morgan fingerprint density at radius 1 is 0.846 bits per heavy atom. The van der Waals surface area contributed by atoms with Gasteiger partial charge in [-0.3, -0.25) is 0 Å². The lowest BCUT2D eigenvalue weighted by Gasteiger charge is -2.15. The van der Waals surface area contributed by atoms with Gasteiger partial charge in [0.25, 0.3) is 0 Å². The first-order valence-corrected chi connectivity index (χ1v) is 9.23. The second kappa shape index (κ2) is 7.22. The van der Waals surface area contributed by atoms with Crippen LogP contribution in [0.1, 0.15) is 12.5 Å². The normalized spacial score (nSPS) is 12.5. The van der Waals surface area contributed by atoms with Crippen molar-refractivity contribution < 1.29 is 5.11 Å². The van der Waals surface area contributed by atoms with E-state index in [2.05, 4.69) is 89.6 Å². The minimum Gasteiger partial charge on any atom is -0.389 e. The molecule has 0 radical (unpaired) electrons. The van der Waals surface area contributed by atoms with Crippen LogP contribution in [0.2, 0.25) is 0 Å². The van der Waals surface area contributed by atoms with Crippen LogP contribution in [0.3, 0.4) is 0 Å². The second-order valence-electron chi connectivity index (χ2n) is 6.73. The van der Waals surface area contributed by atoms with Gasteiger partial charge in [-0.05, 0) is 36.2 Å². The molecular formula is C23H24N2O. The topological polar surface area (TPSA) is 37.2 Å². The smallest absolute Gasteiger partial charge is 0.0891 e. The summed E-state index contributed by atoms with van der Waals surface area (Å²) < 4.78 is 2.22. The molecule has 2 N–H and O–H groups in total. The van der Waals surface area contributed by atoms with Crippen molar-refractivity contribution in [3.63, 3.8) is 0 Å². The van der Waals surface area contributed by atoms with Gasteiger partial charge in [-0.25, -0.2) is 0 Å². The molecule has 4 rings (SSSR count). The highest BCUT2D eigenvalue weighted by Crippen LogP contribution is 2.28. The minimum atomic E-state index is -0.472. The van der Waals surface area contributed by atoms with Crippen LogP contribution in [0.5, 0.6) is 0 Å². The quantitative estimate of drug-likeness (QED) is 0.526. The van der Waals surface area contributed by atoms with Crippen molar-refractivity contribution in [3.8, 4) is 0 Å². The van der Waals surface area contributed by atoms with Crippen molar-refractivity contribution in [2.75, 3.05) is 11.9 Å². The molecule has 0 fully saturated rings. The third-order valence-corrected chi connectivity index (χ3v) is 4.98. The maximum Gasteiger partial charge on any atom is 0.0891 e. The first-order valence-electron chi connectivity index (χ1n) is 9.23. The van der Waals surface area contributed by atoms with Gasteiger partial charge in [0.1, 0.15) is 0 Å². The number of aliphatic hydroxyl groups is 1. The summed E-state index contributed by atoms with van der Waals surface area (Å²) in [6, 6.07) is 25.2. The third-order valence-electron chi connectivity index (χ3n) is 4.98. The molecule has 0 aliphatic rings. The molecule has 0 amide bonds. The Kier molecular flexibility index (Phi) is 4.63. The van der Waals surface area contributed by atoms with Gasteiger partial charge in [-0.2, -0.15) is 0 Å². The first-order chi connectivity index (χ1) is 12.8. The SMILES string of the molecule is CCc1ccc(NC[C@H](O)Cn2c3ccccc3c3ccccc32)cc1. The number of hydrogen-bond acceptors (Lipinski definition) is 2. The van der Waals surface area contributed by atoms with E-state index in [0.29, 0.717) is 13.1 Å². The molecule has 0 bridgehead atoms.